The Morgan fingerprint density at radius 1 is 0.897 bits per heavy atom. The third kappa shape index (κ3) is 5.53. The van der Waals surface area contributed by atoms with Crippen molar-refractivity contribution in [2.24, 2.45) is 5.41 Å². The van der Waals surface area contributed by atoms with Crippen LogP contribution in [0.15, 0.2) is 35.5 Å². The molecule has 0 amide bonds. The Morgan fingerprint density at radius 3 is 1.90 bits per heavy atom. The minimum absolute atomic E-state index is 0.0624. The topological polar surface area (TPSA) is 116 Å². The standard InChI is InChI=1S/C20H22O9/c1-20(19(23)29-11-16-8-26-16)3-2-12(17(21)27-9-14-6-24-14)4-13(5-20)18(22)28-10-15-7-25-15/h2-5,14-16H,6-11H2,1H3. The van der Waals surface area contributed by atoms with E-state index >= 15 is 0 Å². The summed E-state index contributed by atoms with van der Waals surface area (Å²) in [6, 6.07) is 0. The molecule has 29 heavy (non-hydrogen) atoms. The van der Waals surface area contributed by atoms with Gasteiger partial charge in [0.05, 0.1) is 31.0 Å². The third-order valence-electron chi connectivity index (χ3n) is 4.69. The molecule has 9 nitrogen and oxygen atoms in total. The van der Waals surface area contributed by atoms with Crippen molar-refractivity contribution in [3.8, 4) is 0 Å². The van der Waals surface area contributed by atoms with Gasteiger partial charge in [0.2, 0.25) is 0 Å². The molecule has 0 aromatic heterocycles. The molecule has 3 saturated heterocycles. The van der Waals surface area contributed by atoms with E-state index in [1.807, 2.05) is 0 Å². The Kier molecular flexibility index (Phi) is 5.53. The molecule has 1 aliphatic carbocycles. The first-order valence-corrected chi connectivity index (χ1v) is 9.43. The van der Waals surface area contributed by atoms with E-state index in [4.69, 9.17) is 28.4 Å². The SMILES string of the molecule is CC1(C(=O)OCC2CO2)C=CC(C(=O)OCC2CO2)=CC(C(=O)OCC2CO2)=C1. The highest BCUT2D eigenvalue weighted by molar-refractivity contribution is 6.00. The lowest BCUT2D eigenvalue weighted by Gasteiger charge is -2.20. The van der Waals surface area contributed by atoms with E-state index in [-0.39, 0.29) is 49.3 Å². The molecule has 4 aliphatic rings. The molecule has 4 rings (SSSR count). The lowest BCUT2D eigenvalue weighted by molar-refractivity contribution is -0.150. The van der Waals surface area contributed by atoms with Crippen molar-refractivity contribution < 1.29 is 42.8 Å². The molecule has 0 saturated carbocycles. The summed E-state index contributed by atoms with van der Waals surface area (Å²) in [6.07, 6.45) is 5.46. The Labute approximate surface area is 167 Å². The van der Waals surface area contributed by atoms with Gasteiger partial charge in [-0.3, -0.25) is 4.79 Å². The second-order valence-electron chi connectivity index (χ2n) is 7.48. The number of carbonyl (C=O) groups excluding carboxylic acids is 3. The molecule has 3 aliphatic heterocycles. The van der Waals surface area contributed by atoms with Gasteiger partial charge in [-0.1, -0.05) is 12.2 Å². The monoisotopic (exact) mass is 406 g/mol. The van der Waals surface area contributed by atoms with Crippen molar-refractivity contribution in [1.82, 2.24) is 0 Å². The van der Waals surface area contributed by atoms with Gasteiger partial charge in [-0.15, -0.1) is 0 Å². The molecule has 0 spiro atoms. The number of hydrogen-bond donors (Lipinski definition) is 0. The minimum atomic E-state index is -1.27. The Morgan fingerprint density at radius 2 is 1.38 bits per heavy atom. The largest absolute Gasteiger partial charge is 0.462 e. The first kappa shape index (κ1) is 19.8. The summed E-state index contributed by atoms with van der Waals surface area (Å²) in [5.74, 6) is -1.84. The quantitative estimate of drug-likeness (QED) is 0.301. The number of hydrogen-bond acceptors (Lipinski definition) is 9. The maximum Gasteiger partial charge on any atom is 0.338 e. The Balaban J connectivity index is 1.51. The van der Waals surface area contributed by atoms with Gasteiger partial charge >= 0.3 is 17.9 Å². The van der Waals surface area contributed by atoms with E-state index in [0.29, 0.717) is 19.8 Å². The molecule has 0 aromatic rings. The fraction of sp³-hybridized carbons (Fsp3) is 0.550. The molecule has 4 atom stereocenters. The molecular weight excluding hydrogens is 384 g/mol. The molecule has 0 radical (unpaired) electrons. The predicted octanol–water partition coefficient (Wildman–Crippen LogP) is 0.241. The number of rotatable bonds is 9. The average molecular weight is 406 g/mol. The van der Waals surface area contributed by atoms with Gasteiger partial charge in [-0.25, -0.2) is 9.59 Å². The number of ether oxygens (including phenoxy) is 6. The van der Waals surface area contributed by atoms with Crippen LogP contribution in [0.3, 0.4) is 0 Å². The van der Waals surface area contributed by atoms with E-state index in [0.717, 1.165) is 0 Å². The van der Waals surface area contributed by atoms with Crippen molar-refractivity contribution in [2.75, 3.05) is 39.6 Å². The van der Waals surface area contributed by atoms with Crippen LogP contribution in [0.1, 0.15) is 6.92 Å². The number of carbonyl (C=O) groups is 3. The van der Waals surface area contributed by atoms with Crippen molar-refractivity contribution >= 4 is 17.9 Å². The fourth-order valence-electron chi connectivity index (χ4n) is 2.58. The molecule has 0 N–H and O–H groups in total. The summed E-state index contributed by atoms with van der Waals surface area (Å²) in [4.78, 5) is 37.6. The van der Waals surface area contributed by atoms with Gasteiger partial charge in [0.25, 0.3) is 0 Å². The molecule has 9 heteroatoms. The second kappa shape index (κ2) is 8.10. The maximum absolute atomic E-state index is 12.6. The number of epoxide rings is 3. The Bertz CT molecular complexity index is 784. The third-order valence-corrected chi connectivity index (χ3v) is 4.69. The van der Waals surface area contributed by atoms with Gasteiger partial charge in [-0.05, 0) is 19.1 Å². The fourth-order valence-corrected chi connectivity index (χ4v) is 2.58. The smallest absolute Gasteiger partial charge is 0.338 e. The first-order chi connectivity index (χ1) is 13.9. The van der Waals surface area contributed by atoms with Gasteiger partial charge in [0.1, 0.15) is 43.5 Å². The summed E-state index contributed by atoms with van der Waals surface area (Å²) >= 11 is 0. The van der Waals surface area contributed by atoms with Crippen LogP contribution in [0.4, 0.5) is 0 Å². The minimum Gasteiger partial charge on any atom is -0.462 e. The zero-order valence-corrected chi connectivity index (χ0v) is 16.0. The van der Waals surface area contributed by atoms with Crippen molar-refractivity contribution in [1.29, 1.82) is 0 Å². The van der Waals surface area contributed by atoms with Crippen molar-refractivity contribution in [3.05, 3.63) is 35.5 Å². The molecule has 0 aromatic carbocycles. The lowest BCUT2D eigenvalue weighted by atomic mass is 9.88. The summed E-state index contributed by atoms with van der Waals surface area (Å²) in [5, 5.41) is 0. The Hall–Kier alpha value is -2.49. The van der Waals surface area contributed by atoms with E-state index in [2.05, 4.69) is 0 Å². The summed E-state index contributed by atoms with van der Waals surface area (Å²) in [6.45, 7) is 3.62. The number of esters is 3. The van der Waals surface area contributed by atoms with Crippen LogP contribution >= 0.6 is 0 Å². The van der Waals surface area contributed by atoms with Gasteiger partial charge in [0.15, 0.2) is 0 Å². The van der Waals surface area contributed by atoms with E-state index < -0.39 is 23.3 Å². The normalized spacial score (nSPS) is 31.7. The molecule has 3 heterocycles. The van der Waals surface area contributed by atoms with Gasteiger partial charge < -0.3 is 28.4 Å². The van der Waals surface area contributed by atoms with Crippen molar-refractivity contribution in [2.45, 2.75) is 25.2 Å². The van der Waals surface area contributed by atoms with E-state index in [1.165, 1.54) is 24.3 Å². The molecule has 3 fully saturated rings. The zero-order valence-electron chi connectivity index (χ0n) is 16.0. The average Bonchev–Trinajstić information content (AvgIpc) is 3.58. The highest BCUT2D eigenvalue weighted by Crippen LogP contribution is 2.30. The molecule has 4 unspecified atom stereocenters. The van der Waals surface area contributed by atoms with Crippen LogP contribution < -0.4 is 0 Å². The van der Waals surface area contributed by atoms with Crippen LogP contribution in [0.25, 0.3) is 0 Å². The summed E-state index contributed by atoms with van der Waals surface area (Å²) < 4.78 is 30.8. The molecule has 0 bridgehead atoms. The van der Waals surface area contributed by atoms with Crippen LogP contribution in [0, 0.1) is 5.41 Å². The highest BCUT2D eigenvalue weighted by Gasteiger charge is 2.36. The second-order valence-corrected chi connectivity index (χ2v) is 7.48. The van der Waals surface area contributed by atoms with Crippen LogP contribution in [0.5, 0.6) is 0 Å². The van der Waals surface area contributed by atoms with Gasteiger partial charge in [0, 0.05) is 0 Å². The molecule has 156 valence electrons. The summed E-state index contributed by atoms with van der Waals surface area (Å²) in [7, 11) is 0. The maximum atomic E-state index is 12.6. The predicted molar refractivity (Wildman–Crippen MR) is 95.5 cm³/mol. The lowest BCUT2D eigenvalue weighted by Crippen LogP contribution is -2.28. The molecular formula is C20H22O9. The van der Waals surface area contributed by atoms with Crippen LogP contribution in [0.2, 0.25) is 0 Å². The zero-order chi connectivity index (χ0) is 20.4. The van der Waals surface area contributed by atoms with E-state index in [9.17, 15) is 14.4 Å². The summed E-state index contributed by atoms with van der Waals surface area (Å²) in [5.41, 5.74) is -1.08. The van der Waals surface area contributed by atoms with Crippen LogP contribution in [-0.4, -0.2) is 75.9 Å². The first-order valence-electron chi connectivity index (χ1n) is 9.43. The van der Waals surface area contributed by atoms with E-state index in [1.54, 1.807) is 6.92 Å². The van der Waals surface area contributed by atoms with Crippen molar-refractivity contribution in [3.63, 3.8) is 0 Å². The van der Waals surface area contributed by atoms with Gasteiger partial charge in [-0.2, -0.15) is 0 Å². The van der Waals surface area contributed by atoms with Crippen LogP contribution in [-0.2, 0) is 42.8 Å². The highest BCUT2D eigenvalue weighted by atomic mass is 16.6.